The molecule has 1 aromatic carbocycles. The van der Waals surface area contributed by atoms with Crippen molar-refractivity contribution in [3.63, 3.8) is 0 Å². The molecule has 1 aliphatic carbocycles. The smallest absolute Gasteiger partial charge is 0.0576 e. The lowest BCUT2D eigenvalue weighted by molar-refractivity contribution is 0.105. The van der Waals surface area contributed by atoms with Crippen molar-refractivity contribution in [1.82, 2.24) is 0 Å². The standard InChI is InChI=1S/C14H22N2O/c1-10-5-6-13(15)14(7-10)16-9-11-3-2-4-12(17)8-11/h5-7,11-12,16-17H,2-4,8-9,15H2,1H3. The highest BCUT2D eigenvalue weighted by molar-refractivity contribution is 5.66. The number of anilines is 2. The summed E-state index contributed by atoms with van der Waals surface area (Å²) in [5.74, 6) is 0.568. The minimum atomic E-state index is -0.106. The molecule has 0 heterocycles. The average Bonchev–Trinajstić information content (AvgIpc) is 2.30. The molecule has 2 atom stereocenters. The first kappa shape index (κ1) is 12.2. The Morgan fingerprint density at radius 2 is 2.24 bits per heavy atom. The van der Waals surface area contributed by atoms with E-state index < -0.39 is 0 Å². The normalized spacial score (nSPS) is 24.6. The first-order chi connectivity index (χ1) is 8.15. The number of benzene rings is 1. The molecule has 2 unspecified atom stereocenters. The summed E-state index contributed by atoms with van der Waals surface area (Å²) in [5, 5.41) is 13.0. The summed E-state index contributed by atoms with van der Waals surface area (Å²) in [7, 11) is 0. The van der Waals surface area contributed by atoms with E-state index in [4.69, 9.17) is 5.73 Å². The Balaban J connectivity index is 1.90. The minimum Gasteiger partial charge on any atom is -0.397 e. The molecule has 94 valence electrons. The number of hydrogen-bond donors (Lipinski definition) is 3. The second-order valence-electron chi connectivity index (χ2n) is 5.16. The van der Waals surface area contributed by atoms with Crippen LogP contribution in [0.5, 0.6) is 0 Å². The van der Waals surface area contributed by atoms with Crippen LogP contribution in [-0.4, -0.2) is 17.8 Å². The fourth-order valence-electron chi connectivity index (χ4n) is 2.53. The van der Waals surface area contributed by atoms with E-state index >= 15 is 0 Å². The van der Waals surface area contributed by atoms with Crippen molar-refractivity contribution >= 4 is 11.4 Å². The topological polar surface area (TPSA) is 58.3 Å². The second kappa shape index (κ2) is 5.41. The van der Waals surface area contributed by atoms with Crippen molar-refractivity contribution in [2.75, 3.05) is 17.6 Å². The van der Waals surface area contributed by atoms with Crippen LogP contribution in [0.2, 0.25) is 0 Å². The molecule has 3 nitrogen and oxygen atoms in total. The van der Waals surface area contributed by atoms with Gasteiger partial charge in [-0.1, -0.05) is 12.5 Å². The summed E-state index contributed by atoms with van der Waals surface area (Å²) in [6, 6.07) is 6.03. The molecule has 1 aliphatic rings. The van der Waals surface area contributed by atoms with Crippen LogP contribution in [0.15, 0.2) is 18.2 Å². The maximum Gasteiger partial charge on any atom is 0.0576 e. The number of nitrogen functional groups attached to an aromatic ring is 1. The van der Waals surface area contributed by atoms with Gasteiger partial charge in [-0.25, -0.2) is 0 Å². The summed E-state index contributed by atoms with van der Waals surface area (Å²) in [6.45, 7) is 2.97. The van der Waals surface area contributed by atoms with Crippen molar-refractivity contribution in [3.8, 4) is 0 Å². The van der Waals surface area contributed by atoms with Crippen LogP contribution in [-0.2, 0) is 0 Å². The minimum absolute atomic E-state index is 0.106. The van der Waals surface area contributed by atoms with Crippen molar-refractivity contribution in [3.05, 3.63) is 23.8 Å². The number of aliphatic hydroxyl groups excluding tert-OH is 1. The molecule has 0 spiro atoms. The van der Waals surface area contributed by atoms with Crippen molar-refractivity contribution < 1.29 is 5.11 Å². The predicted molar refractivity (Wildman–Crippen MR) is 72.0 cm³/mol. The van der Waals surface area contributed by atoms with Gasteiger partial charge < -0.3 is 16.2 Å². The number of nitrogens with two attached hydrogens (primary N) is 1. The van der Waals surface area contributed by atoms with Crippen molar-refractivity contribution in [2.24, 2.45) is 5.92 Å². The molecule has 0 aliphatic heterocycles. The van der Waals surface area contributed by atoms with Crippen LogP contribution in [0.25, 0.3) is 0 Å². The summed E-state index contributed by atoms with van der Waals surface area (Å²) in [6.07, 6.45) is 4.11. The largest absolute Gasteiger partial charge is 0.397 e. The van der Waals surface area contributed by atoms with E-state index in [0.29, 0.717) is 5.92 Å². The summed E-state index contributed by atoms with van der Waals surface area (Å²) < 4.78 is 0. The third-order valence-corrected chi connectivity index (χ3v) is 3.55. The molecule has 0 amide bonds. The number of rotatable bonds is 3. The van der Waals surface area contributed by atoms with Gasteiger partial charge in [0.15, 0.2) is 0 Å². The van der Waals surface area contributed by atoms with E-state index in [-0.39, 0.29) is 6.10 Å². The van der Waals surface area contributed by atoms with E-state index in [2.05, 4.69) is 18.3 Å². The predicted octanol–water partition coefficient (Wildman–Crippen LogP) is 2.54. The van der Waals surface area contributed by atoms with Gasteiger partial charge >= 0.3 is 0 Å². The third-order valence-electron chi connectivity index (χ3n) is 3.55. The zero-order chi connectivity index (χ0) is 12.3. The number of nitrogens with one attached hydrogen (secondary N) is 1. The van der Waals surface area contributed by atoms with Crippen LogP contribution < -0.4 is 11.1 Å². The van der Waals surface area contributed by atoms with Gasteiger partial charge in [0.05, 0.1) is 17.5 Å². The zero-order valence-electron chi connectivity index (χ0n) is 10.4. The molecule has 2 rings (SSSR count). The van der Waals surface area contributed by atoms with E-state index in [1.807, 2.05) is 12.1 Å². The summed E-state index contributed by atoms with van der Waals surface area (Å²) in [4.78, 5) is 0. The van der Waals surface area contributed by atoms with Gasteiger partial charge in [-0.2, -0.15) is 0 Å². The quantitative estimate of drug-likeness (QED) is 0.704. The first-order valence-electron chi connectivity index (χ1n) is 6.43. The Kier molecular flexibility index (Phi) is 3.89. The fraction of sp³-hybridized carbons (Fsp3) is 0.571. The molecule has 4 N–H and O–H groups in total. The maximum atomic E-state index is 9.62. The molecule has 3 heteroatoms. The molecule has 0 bridgehead atoms. The molecule has 0 radical (unpaired) electrons. The Hall–Kier alpha value is -1.22. The third kappa shape index (κ3) is 3.37. The average molecular weight is 234 g/mol. The van der Waals surface area contributed by atoms with Gasteiger partial charge in [0, 0.05) is 6.54 Å². The molecule has 1 fully saturated rings. The molecule has 0 saturated heterocycles. The lowest BCUT2D eigenvalue weighted by Crippen LogP contribution is -2.25. The van der Waals surface area contributed by atoms with Crippen LogP contribution in [0.3, 0.4) is 0 Å². The van der Waals surface area contributed by atoms with Crippen molar-refractivity contribution in [2.45, 2.75) is 38.7 Å². The number of aliphatic hydroxyl groups is 1. The highest BCUT2D eigenvalue weighted by atomic mass is 16.3. The molecule has 17 heavy (non-hydrogen) atoms. The van der Waals surface area contributed by atoms with Crippen LogP contribution >= 0.6 is 0 Å². The van der Waals surface area contributed by atoms with Crippen LogP contribution in [0.4, 0.5) is 11.4 Å². The molecular weight excluding hydrogens is 212 g/mol. The van der Waals surface area contributed by atoms with Gasteiger partial charge in [-0.15, -0.1) is 0 Å². The van der Waals surface area contributed by atoms with Gasteiger partial charge in [-0.3, -0.25) is 0 Å². The fourth-order valence-corrected chi connectivity index (χ4v) is 2.53. The van der Waals surface area contributed by atoms with Gasteiger partial charge in [0.2, 0.25) is 0 Å². The maximum absolute atomic E-state index is 9.62. The van der Waals surface area contributed by atoms with E-state index in [1.165, 1.54) is 12.0 Å². The second-order valence-corrected chi connectivity index (χ2v) is 5.16. The number of hydrogen-bond acceptors (Lipinski definition) is 3. The zero-order valence-corrected chi connectivity index (χ0v) is 10.4. The summed E-state index contributed by atoms with van der Waals surface area (Å²) in [5.41, 5.74) is 8.95. The van der Waals surface area contributed by atoms with Gasteiger partial charge in [-0.05, 0) is 49.8 Å². The monoisotopic (exact) mass is 234 g/mol. The molecule has 1 aromatic rings. The van der Waals surface area contributed by atoms with Gasteiger partial charge in [0.1, 0.15) is 0 Å². The molecule has 1 saturated carbocycles. The molecular formula is C14H22N2O. The highest BCUT2D eigenvalue weighted by Gasteiger charge is 2.19. The molecule has 0 aromatic heterocycles. The lowest BCUT2D eigenvalue weighted by atomic mass is 9.87. The Morgan fingerprint density at radius 1 is 1.41 bits per heavy atom. The van der Waals surface area contributed by atoms with Crippen molar-refractivity contribution in [1.29, 1.82) is 0 Å². The number of aryl methyl sites for hydroxylation is 1. The Labute approximate surface area is 103 Å². The van der Waals surface area contributed by atoms with E-state index in [0.717, 1.165) is 37.2 Å². The van der Waals surface area contributed by atoms with Gasteiger partial charge in [0.25, 0.3) is 0 Å². The van der Waals surface area contributed by atoms with E-state index in [9.17, 15) is 5.11 Å². The Bertz CT molecular complexity index is 378. The van der Waals surface area contributed by atoms with Crippen LogP contribution in [0.1, 0.15) is 31.2 Å². The Morgan fingerprint density at radius 3 is 3.00 bits per heavy atom. The highest BCUT2D eigenvalue weighted by Crippen LogP contribution is 2.26. The summed E-state index contributed by atoms with van der Waals surface area (Å²) >= 11 is 0. The first-order valence-corrected chi connectivity index (χ1v) is 6.43. The van der Waals surface area contributed by atoms with Crippen LogP contribution in [0, 0.1) is 12.8 Å². The van der Waals surface area contributed by atoms with E-state index in [1.54, 1.807) is 0 Å². The SMILES string of the molecule is Cc1ccc(N)c(NCC2CCCC(O)C2)c1. The lowest BCUT2D eigenvalue weighted by Gasteiger charge is -2.26.